The van der Waals surface area contributed by atoms with Gasteiger partial charge in [0.25, 0.3) is 5.91 Å². The number of nitrogens with one attached hydrogen (secondary N) is 1. The van der Waals surface area contributed by atoms with E-state index in [0.717, 1.165) is 27.3 Å². The topological polar surface area (TPSA) is 64.2 Å². The average molecular weight is 450 g/mol. The van der Waals surface area contributed by atoms with E-state index in [1.807, 2.05) is 30.5 Å². The van der Waals surface area contributed by atoms with Crippen LogP contribution in [-0.4, -0.2) is 25.1 Å². The van der Waals surface area contributed by atoms with E-state index in [-0.39, 0.29) is 5.91 Å². The van der Waals surface area contributed by atoms with Gasteiger partial charge in [-0.05, 0) is 48.1 Å². The molecule has 0 unspecified atom stereocenters. The van der Waals surface area contributed by atoms with Crippen LogP contribution >= 0.6 is 15.9 Å². The lowest BCUT2D eigenvalue weighted by Crippen LogP contribution is -2.22. The molecule has 1 aromatic carbocycles. The van der Waals surface area contributed by atoms with Gasteiger partial charge < -0.3 is 9.72 Å². The predicted molar refractivity (Wildman–Crippen MR) is 114 cm³/mol. The Kier molecular flexibility index (Phi) is 4.67. The summed E-state index contributed by atoms with van der Waals surface area (Å²) < 4.78 is 4.85. The molecule has 6 nitrogen and oxygen atoms in total. The minimum atomic E-state index is -0.136. The third-order valence-corrected chi connectivity index (χ3v) is 5.69. The van der Waals surface area contributed by atoms with Crippen molar-refractivity contribution in [2.24, 2.45) is 0 Å². The van der Waals surface area contributed by atoms with Crippen molar-refractivity contribution in [2.45, 2.75) is 31.8 Å². The maximum absolute atomic E-state index is 12.4. The Balaban J connectivity index is 1.24. The Morgan fingerprint density at radius 1 is 1.10 bits per heavy atom. The molecule has 7 heteroatoms. The molecule has 1 amide bonds. The summed E-state index contributed by atoms with van der Waals surface area (Å²) in [6, 6.07) is 12.1. The van der Waals surface area contributed by atoms with Crippen LogP contribution in [-0.2, 0) is 13.1 Å². The number of aromatic nitrogens is 4. The van der Waals surface area contributed by atoms with Gasteiger partial charge in [0.05, 0.1) is 24.0 Å². The molecule has 1 N–H and O–H groups in total. The Labute approximate surface area is 176 Å². The molecule has 0 radical (unpaired) electrons. The van der Waals surface area contributed by atoms with Crippen LogP contribution in [0.25, 0.3) is 5.65 Å². The van der Waals surface area contributed by atoms with Crippen molar-refractivity contribution in [3.8, 4) is 0 Å². The fourth-order valence-electron chi connectivity index (χ4n) is 3.42. The van der Waals surface area contributed by atoms with Gasteiger partial charge >= 0.3 is 0 Å². The van der Waals surface area contributed by atoms with E-state index in [0.29, 0.717) is 18.7 Å². The smallest absolute Gasteiger partial charge is 0.254 e. The number of pyridine rings is 1. The van der Waals surface area contributed by atoms with E-state index in [2.05, 4.69) is 54.1 Å². The minimum Gasteiger partial charge on any atom is -0.348 e. The Morgan fingerprint density at radius 2 is 1.93 bits per heavy atom. The highest BCUT2D eigenvalue weighted by Crippen LogP contribution is 2.39. The van der Waals surface area contributed by atoms with Crippen LogP contribution in [0.4, 0.5) is 0 Å². The lowest BCUT2D eigenvalue weighted by atomic mass is 10.2. The van der Waals surface area contributed by atoms with Crippen molar-refractivity contribution in [1.82, 2.24) is 24.5 Å². The van der Waals surface area contributed by atoms with E-state index in [9.17, 15) is 4.79 Å². The summed E-state index contributed by atoms with van der Waals surface area (Å²) in [5.74, 6) is 0.582. The van der Waals surface area contributed by atoms with Gasteiger partial charge in [0.2, 0.25) is 0 Å². The first kappa shape index (κ1) is 18.1. The number of hydrogen-bond donors (Lipinski definition) is 1. The van der Waals surface area contributed by atoms with Gasteiger partial charge in [-0.1, -0.05) is 34.1 Å². The van der Waals surface area contributed by atoms with Crippen molar-refractivity contribution in [3.05, 3.63) is 88.0 Å². The number of fused-ring (bicyclic) bond motifs is 1. The molecule has 0 saturated heterocycles. The summed E-state index contributed by atoms with van der Waals surface area (Å²) >= 11 is 3.41. The molecule has 0 atom stereocenters. The number of carbonyl (C=O) groups is 1. The second kappa shape index (κ2) is 7.48. The van der Waals surface area contributed by atoms with Crippen LogP contribution in [0.5, 0.6) is 0 Å². The molecule has 4 aromatic rings. The first-order chi connectivity index (χ1) is 14.1. The zero-order valence-electron chi connectivity index (χ0n) is 15.8. The Hall–Kier alpha value is -2.93. The van der Waals surface area contributed by atoms with E-state index in [1.54, 1.807) is 17.1 Å². The lowest BCUT2D eigenvalue weighted by Gasteiger charge is -2.03. The molecular weight excluding hydrogens is 430 g/mol. The van der Waals surface area contributed by atoms with Crippen LogP contribution in [0.15, 0.2) is 65.7 Å². The third-order valence-electron chi connectivity index (χ3n) is 5.16. The molecule has 0 bridgehead atoms. The second-order valence-corrected chi connectivity index (χ2v) is 8.39. The van der Waals surface area contributed by atoms with Crippen molar-refractivity contribution < 1.29 is 4.79 Å². The number of nitrogens with zero attached hydrogens (tertiary/aromatic N) is 4. The van der Waals surface area contributed by atoms with Crippen LogP contribution in [0.2, 0.25) is 0 Å². The van der Waals surface area contributed by atoms with E-state index in [4.69, 9.17) is 0 Å². The molecule has 146 valence electrons. The van der Waals surface area contributed by atoms with Crippen molar-refractivity contribution in [1.29, 1.82) is 0 Å². The number of carbonyl (C=O) groups excluding carboxylic acids is 1. The molecule has 3 heterocycles. The molecule has 0 spiro atoms. The fraction of sp³-hybridized carbons (Fsp3) is 0.227. The average Bonchev–Trinajstić information content (AvgIpc) is 3.34. The maximum atomic E-state index is 12.4. The second-order valence-electron chi connectivity index (χ2n) is 7.47. The zero-order valence-corrected chi connectivity index (χ0v) is 17.3. The van der Waals surface area contributed by atoms with Crippen LogP contribution < -0.4 is 5.32 Å². The molecule has 29 heavy (non-hydrogen) atoms. The number of benzene rings is 1. The Bertz CT molecular complexity index is 1170. The Morgan fingerprint density at radius 3 is 2.72 bits per heavy atom. The van der Waals surface area contributed by atoms with Gasteiger partial charge in [-0.2, -0.15) is 5.10 Å². The number of rotatable bonds is 6. The SMILES string of the molecule is O=C(NCc1ccc(Br)cc1)c1cnn(Cc2cn3cc(C4CC4)ccc3n2)c1. The third kappa shape index (κ3) is 4.10. The summed E-state index contributed by atoms with van der Waals surface area (Å²) in [6.07, 6.45) is 10.1. The summed E-state index contributed by atoms with van der Waals surface area (Å²) in [5.41, 5.74) is 4.82. The van der Waals surface area contributed by atoms with Gasteiger partial charge in [0, 0.05) is 29.6 Å². The summed E-state index contributed by atoms with van der Waals surface area (Å²) in [4.78, 5) is 17.1. The normalized spacial score (nSPS) is 13.7. The minimum absolute atomic E-state index is 0.136. The highest BCUT2D eigenvalue weighted by Gasteiger charge is 2.23. The first-order valence-corrected chi connectivity index (χ1v) is 10.5. The molecule has 1 saturated carbocycles. The van der Waals surface area contributed by atoms with Gasteiger partial charge in [-0.15, -0.1) is 0 Å². The van der Waals surface area contributed by atoms with E-state index < -0.39 is 0 Å². The molecular formula is C22H20BrN5O. The zero-order chi connectivity index (χ0) is 19.8. The van der Waals surface area contributed by atoms with Crippen LogP contribution in [0, 0.1) is 0 Å². The molecule has 1 aliphatic carbocycles. The quantitative estimate of drug-likeness (QED) is 0.480. The van der Waals surface area contributed by atoms with E-state index >= 15 is 0 Å². The highest BCUT2D eigenvalue weighted by molar-refractivity contribution is 9.10. The van der Waals surface area contributed by atoms with Gasteiger partial charge in [0.1, 0.15) is 5.65 Å². The van der Waals surface area contributed by atoms with E-state index in [1.165, 1.54) is 18.4 Å². The van der Waals surface area contributed by atoms with Gasteiger partial charge in [-0.25, -0.2) is 4.98 Å². The van der Waals surface area contributed by atoms with Crippen molar-refractivity contribution >= 4 is 27.5 Å². The summed E-state index contributed by atoms with van der Waals surface area (Å²) in [5, 5.41) is 7.25. The number of imidazole rings is 1. The maximum Gasteiger partial charge on any atom is 0.254 e. The monoisotopic (exact) mass is 449 g/mol. The highest BCUT2D eigenvalue weighted by atomic mass is 79.9. The molecule has 5 rings (SSSR count). The molecule has 1 fully saturated rings. The number of hydrogen-bond acceptors (Lipinski definition) is 3. The molecule has 1 aliphatic rings. The fourth-order valence-corrected chi connectivity index (χ4v) is 3.68. The molecule has 0 aliphatic heterocycles. The lowest BCUT2D eigenvalue weighted by molar-refractivity contribution is 0.0951. The number of halogens is 1. The van der Waals surface area contributed by atoms with Crippen LogP contribution in [0.3, 0.4) is 0 Å². The largest absolute Gasteiger partial charge is 0.348 e. The summed E-state index contributed by atoms with van der Waals surface area (Å²) in [7, 11) is 0. The van der Waals surface area contributed by atoms with Crippen LogP contribution in [0.1, 0.15) is 45.9 Å². The number of amides is 1. The summed E-state index contributed by atoms with van der Waals surface area (Å²) in [6.45, 7) is 1.01. The first-order valence-electron chi connectivity index (χ1n) is 9.67. The van der Waals surface area contributed by atoms with Gasteiger partial charge in [0.15, 0.2) is 0 Å². The van der Waals surface area contributed by atoms with Gasteiger partial charge in [-0.3, -0.25) is 9.48 Å². The molecule has 3 aromatic heterocycles. The standard InChI is InChI=1S/C22H20BrN5O/c23-19-6-1-15(2-7-19)9-24-22(29)18-10-25-28(12-18)14-20-13-27-11-17(16-3-4-16)5-8-21(27)26-20/h1-2,5-8,10-13,16H,3-4,9,14H2,(H,24,29). The van der Waals surface area contributed by atoms with Crippen molar-refractivity contribution in [2.75, 3.05) is 0 Å². The predicted octanol–water partition coefficient (Wildman–Crippen LogP) is 4.15. The van der Waals surface area contributed by atoms with Crippen molar-refractivity contribution in [3.63, 3.8) is 0 Å².